The summed E-state index contributed by atoms with van der Waals surface area (Å²) in [5, 5.41) is 9.16. The van der Waals surface area contributed by atoms with E-state index in [1.165, 1.54) is 13.0 Å². The van der Waals surface area contributed by atoms with Crippen LogP contribution < -0.4 is 10.5 Å². The quantitative estimate of drug-likeness (QED) is 0.841. The van der Waals surface area contributed by atoms with Gasteiger partial charge in [-0.3, -0.25) is 0 Å². The zero-order valence-corrected chi connectivity index (χ0v) is 10.1. The Kier molecular flexibility index (Phi) is 5.85. The molecule has 0 aliphatic heterocycles. The van der Waals surface area contributed by atoms with E-state index in [2.05, 4.69) is 4.74 Å². The van der Waals surface area contributed by atoms with Crippen molar-refractivity contribution in [2.75, 3.05) is 0 Å². The first-order chi connectivity index (χ1) is 7.70. The van der Waals surface area contributed by atoms with Crippen LogP contribution in [0.2, 0.25) is 0 Å². The molecule has 0 unspecified atom stereocenters. The largest absolute Gasteiger partial charge is 0.573 e. The van der Waals surface area contributed by atoms with Gasteiger partial charge in [0.25, 0.3) is 0 Å². The van der Waals surface area contributed by atoms with Gasteiger partial charge in [-0.1, -0.05) is 6.07 Å². The van der Waals surface area contributed by atoms with Crippen LogP contribution in [0.1, 0.15) is 18.5 Å². The highest BCUT2D eigenvalue weighted by molar-refractivity contribution is 5.85. The number of rotatable bonds is 3. The van der Waals surface area contributed by atoms with Crippen molar-refractivity contribution in [2.24, 2.45) is 5.73 Å². The Hall–Kier alpha value is -1.05. The van der Waals surface area contributed by atoms with E-state index in [1.54, 1.807) is 0 Å². The Labute approximate surface area is 107 Å². The van der Waals surface area contributed by atoms with Crippen LogP contribution in [0.5, 0.6) is 5.75 Å². The zero-order valence-electron chi connectivity index (χ0n) is 9.24. The van der Waals surface area contributed by atoms with E-state index in [0.717, 1.165) is 12.1 Å². The number of hydrogen-bond donors (Lipinski definition) is 2. The predicted molar refractivity (Wildman–Crippen MR) is 58.9 cm³/mol. The number of alkyl halides is 3. The predicted octanol–water partition coefficient (Wildman–Crippen LogP) is 2.53. The maximum absolute atomic E-state index is 13.2. The van der Waals surface area contributed by atoms with Gasteiger partial charge in [0, 0.05) is 0 Å². The molecule has 0 aliphatic rings. The fraction of sp³-hybridized carbons (Fsp3) is 0.400. The minimum atomic E-state index is -4.95. The van der Waals surface area contributed by atoms with Crippen molar-refractivity contribution in [1.82, 2.24) is 0 Å². The average Bonchev–Trinajstić information content (AvgIpc) is 2.18. The number of aliphatic hydroxyl groups is 1. The third-order valence-corrected chi connectivity index (χ3v) is 2.09. The molecule has 0 saturated carbocycles. The van der Waals surface area contributed by atoms with E-state index < -0.39 is 30.1 Å². The van der Waals surface area contributed by atoms with Gasteiger partial charge in [-0.15, -0.1) is 25.6 Å². The minimum absolute atomic E-state index is 0. The first-order valence-corrected chi connectivity index (χ1v) is 4.69. The Morgan fingerprint density at radius 2 is 1.89 bits per heavy atom. The van der Waals surface area contributed by atoms with Crippen LogP contribution in [0.4, 0.5) is 17.6 Å². The van der Waals surface area contributed by atoms with Crippen LogP contribution in [0.25, 0.3) is 0 Å². The van der Waals surface area contributed by atoms with Gasteiger partial charge in [-0.25, -0.2) is 4.39 Å². The molecule has 0 aromatic heterocycles. The van der Waals surface area contributed by atoms with Crippen LogP contribution in [-0.2, 0) is 0 Å². The summed E-state index contributed by atoms with van der Waals surface area (Å²) < 4.78 is 52.3. The molecular formula is C10H12ClF4NO2. The highest BCUT2D eigenvalue weighted by Crippen LogP contribution is 2.27. The molecule has 0 radical (unpaired) electrons. The molecule has 0 aliphatic carbocycles. The van der Waals surface area contributed by atoms with Crippen LogP contribution in [-0.4, -0.2) is 17.6 Å². The van der Waals surface area contributed by atoms with Crippen molar-refractivity contribution >= 4 is 12.4 Å². The number of ether oxygens (including phenoxy) is 1. The SMILES string of the molecule is C[C@@H](O)[C@@H](N)c1ccc(OC(F)(F)F)c(F)c1.Cl. The van der Waals surface area contributed by atoms with Crippen molar-refractivity contribution in [3.05, 3.63) is 29.6 Å². The van der Waals surface area contributed by atoms with Gasteiger partial charge in [0.2, 0.25) is 0 Å². The molecule has 0 bridgehead atoms. The lowest BCUT2D eigenvalue weighted by atomic mass is 10.0. The smallest absolute Gasteiger partial charge is 0.403 e. The first kappa shape index (κ1) is 16.9. The highest BCUT2D eigenvalue weighted by Gasteiger charge is 2.32. The first-order valence-electron chi connectivity index (χ1n) is 4.69. The summed E-state index contributed by atoms with van der Waals surface area (Å²) in [6.07, 6.45) is -5.89. The Balaban J connectivity index is 0.00000289. The molecular weight excluding hydrogens is 278 g/mol. The monoisotopic (exact) mass is 289 g/mol. The molecule has 18 heavy (non-hydrogen) atoms. The summed E-state index contributed by atoms with van der Waals surface area (Å²) in [6.45, 7) is 1.39. The average molecular weight is 290 g/mol. The number of benzene rings is 1. The third-order valence-electron chi connectivity index (χ3n) is 2.09. The molecule has 0 heterocycles. The van der Waals surface area contributed by atoms with E-state index in [-0.39, 0.29) is 18.0 Å². The van der Waals surface area contributed by atoms with Crippen LogP contribution in [0.15, 0.2) is 18.2 Å². The van der Waals surface area contributed by atoms with Crippen molar-refractivity contribution < 1.29 is 27.4 Å². The summed E-state index contributed by atoms with van der Waals surface area (Å²) in [5.74, 6) is -2.12. The van der Waals surface area contributed by atoms with Gasteiger partial charge in [-0.05, 0) is 24.6 Å². The molecule has 0 fully saturated rings. The molecule has 1 rings (SSSR count). The lowest BCUT2D eigenvalue weighted by molar-refractivity contribution is -0.275. The summed E-state index contributed by atoms with van der Waals surface area (Å²) in [6, 6.07) is 1.92. The molecule has 0 spiro atoms. The molecule has 1 aromatic rings. The molecule has 0 amide bonds. The van der Waals surface area contributed by atoms with Crippen molar-refractivity contribution in [3.63, 3.8) is 0 Å². The minimum Gasteiger partial charge on any atom is -0.403 e. The van der Waals surface area contributed by atoms with Crippen LogP contribution in [0, 0.1) is 5.82 Å². The Morgan fingerprint density at radius 1 is 1.33 bits per heavy atom. The molecule has 8 heteroatoms. The second-order valence-corrected chi connectivity index (χ2v) is 3.50. The van der Waals surface area contributed by atoms with Gasteiger partial charge >= 0.3 is 6.36 Å². The molecule has 3 nitrogen and oxygen atoms in total. The number of hydrogen-bond acceptors (Lipinski definition) is 3. The van der Waals surface area contributed by atoms with Crippen LogP contribution in [0.3, 0.4) is 0 Å². The van der Waals surface area contributed by atoms with E-state index >= 15 is 0 Å². The van der Waals surface area contributed by atoms with Crippen molar-refractivity contribution in [2.45, 2.75) is 25.4 Å². The van der Waals surface area contributed by atoms with Crippen LogP contribution >= 0.6 is 12.4 Å². The molecule has 1 aromatic carbocycles. The van der Waals surface area contributed by atoms with Gasteiger partial charge in [0.05, 0.1) is 12.1 Å². The lowest BCUT2D eigenvalue weighted by Gasteiger charge is -2.16. The molecule has 2 atom stereocenters. The van der Waals surface area contributed by atoms with E-state index in [1.807, 2.05) is 0 Å². The Bertz CT molecular complexity index is 398. The van der Waals surface area contributed by atoms with Gasteiger partial charge in [0.1, 0.15) is 0 Å². The number of halogens is 5. The summed E-state index contributed by atoms with van der Waals surface area (Å²) >= 11 is 0. The molecule has 0 saturated heterocycles. The fourth-order valence-electron chi connectivity index (χ4n) is 1.21. The summed E-state index contributed by atoms with van der Waals surface area (Å²) in [5.41, 5.74) is 5.69. The maximum Gasteiger partial charge on any atom is 0.573 e. The molecule has 3 N–H and O–H groups in total. The van der Waals surface area contributed by atoms with E-state index in [4.69, 9.17) is 10.8 Å². The van der Waals surface area contributed by atoms with Gasteiger partial charge in [0.15, 0.2) is 11.6 Å². The highest BCUT2D eigenvalue weighted by atomic mass is 35.5. The summed E-state index contributed by atoms with van der Waals surface area (Å²) in [4.78, 5) is 0. The summed E-state index contributed by atoms with van der Waals surface area (Å²) in [7, 11) is 0. The zero-order chi connectivity index (χ0) is 13.2. The second kappa shape index (κ2) is 6.21. The van der Waals surface area contributed by atoms with Gasteiger partial charge in [-0.2, -0.15) is 0 Å². The standard InChI is InChI=1S/C10H11F4NO2.ClH/c1-5(16)9(15)6-2-3-8(7(11)4-6)17-10(12,13)14;/h2-5,9,16H,15H2,1H3;1H/t5-,9-;/m1./s1. The van der Waals surface area contributed by atoms with Gasteiger partial charge < -0.3 is 15.6 Å². The topological polar surface area (TPSA) is 55.5 Å². The maximum atomic E-state index is 13.2. The van der Waals surface area contributed by atoms with E-state index in [0.29, 0.717) is 0 Å². The number of nitrogens with two attached hydrogens (primary N) is 1. The second-order valence-electron chi connectivity index (χ2n) is 3.50. The van der Waals surface area contributed by atoms with Crippen molar-refractivity contribution in [1.29, 1.82) is 0 Å². The lowest BCUT2D eigenvalue weighted by Crippen LogP contribution is -2.23. The van der Waals surface area contributed by atoms with E-state index in [9.17, 15) is 17.6 Å². The Morgan fingerprint density at radius 3 is 2.28 bits per heavy atom. The van der Waals surface area contributed by atoms with Crippen molar-refractivity contribution in [3.8, 4) is 5.75 Å². The normalized spacial score (nSPS) is 14.6. The third kappa shape index (κ3) is 4.67. The molecule has 104 valence electrons. The number of aliphatic hydroxyl groups excluding tert-OH is 1. The fourth-order valence-corrected chi connectivity index (χ4v) is 1.21.